The third-order valence-corrected chi connectivity index (χ3v) is 5.16. The average molecular weight is 420 g/mol. The van der Waals surface area contributed by atoms with Gasteiger partial charge in [-0.15, -0.1) is 12.4 Å². The van der Waals surface area contributed by atoms with Crippen molar-refractivity contribution in [3.8, 4) is 5.69 Å². The summed E-state index contributed by atoms with van der Waals surface area (Å²) in [7, 11) is 0. The van der Waals surface area contributed by atoms with Crippen LogP contribution in [0.25, 0.3) is 5.69 Å². The smallest absolute Gasteiger partial charge is 0.254 e. The van der Waals surface area contributed by atoms with Crippen molar-refractivity contribution in [1.29, 1.82) is 0 Å². The molecule has 1 fully saturated rings. The predicted octanol–water partition coefficient (Wildman–Crippen LogP) is 2.37. The van der Waals surface area contributed by atoms with E-state index in [1.54, 1.807) is 0 Å². The summed E-state index contributed by atoms with van der Waals surface area (Å²) in [5, 5.41) is 7.39. The molecule has 1 aromatic carbocycles. The van der Waals surface area contributed by atoms with Crippen LogP contribution in [0.1, 0.15) is 47.4 Å². The number of likely N-dealkylation sites (tertiary alicyclic amines) is 1. The molecule has 7 nitrogen and oxygen atoms in total. The van der Waals surface area contributed by atoms with Crippen LogP contribution in [-0.2, 0) is 4.79 Å². The standard InChI is InChI=1S/C21H29N5O2.ClH/c1-15-13-16(2)26(24-15)18-8-6-17(7-9-18)21(28)25-12-4-3-5-19(25)14-23-20(27)10-11-22;/h6-9,13,19H,3-5,10-12,14,22H2,1-2H3,(H,23,27);1H. The van der Waals surface area contributed by atoms with Gasteiger partial charge in [0.15, 0.2) is 0 Å². The molecule has 2 aromatic rings. The Balaban J connectivity index is 0.00000300. The van der Waals surface area contributed by atoms with Gasteiger partial charge in [0.1, 0.15) is 0 Å². The van der Waals surface area contributed by atoms with Crippen LogP contribution in [0.4, 0.5) is 0 Å². The number of hydrogen-bond acceptors (Lipinski definition) is 4. The number of carbonyl (C=O) groups excluding carboxylic acids is 2. The monoisotopic (exact) mass is 419 g/mol. The minimum absolute atomic E-state index is 0. The summed E-state index contributed by atoms with van der Waals surface area (Å²) in [6.07, 6.45) is 3.27. The number of aromatic nitrogens is 2. The van der Waals surface area contributed by atoms with Gasteiger partial charge in [-0.2, -0.15) is 5.10 Å². The van der Waals surface area contributed by atoms with E-state index < -0.39 is 0 Å². The minimum atomic E-state index is -0.0605. The van der Waals surface area contributed by atoms with E-state index in [4.69, 9.17) is 5.73 Å². The number of nitrogens with zero attached hydrogens (tertiary/aromatic N) is 3. The third-order valence-electron chi connectivity index (χ3n) is 5.16. The summed E-state index contributed by atoms with van der Waals surface area (Å²) in [4.78, 5) is 26.7. The maximum absolute atomic E-state index is 13.1. The number of nitrogens with one attached hydrogen (secondary N) is 1. The highest BCUT2D eigenvalue weighted by Gasteiger charge is 2.27. The molecule has 3 rings (SSSR count). The van der Waals surface area contributed by atoms with Crippen molar-refractivity contribution in [2.24, 2.45) is 5.73 Å². The molecule has 2 heterocycles. The van der Waals surface area contributed by atoms with Crippen molar-refractivity contribution in [1.82, 2.24) is 20.0 Å². The normalized spacial score (nSPS) is 16.2. The van der Waals surface area contributed by atoms with Crippen LogP contribution in [0.15, 0.2) is 30.3 Å². The Morgan fingerprint density at radius 1 is 1.21 bits per heavy atom. The molecule has 0 bridgehead atoms. The van der Waals surface area contributed by atoms with Crippen LogP contribution in [0.3, 0.4) is 0 Å². The van der Waals surface area contributed by atoms with Crippen LogP contribution >= 0.6 is 12.4 Å². The number of piperidine rings is 1. The molecule has 1 aliphatic rings. The van der Waals surface area contributed by atoms with Crippen molar-refractivity contribution in [3.63, 3.8) is 0 Å². The fourth-order valence-electron chi connectivity index (χ4n) is 3.73. The molecule has 158 valence electrons. The Morgan fingerprint density at radius 2 is 1.93 bits per heavy atom. The summed E-state index contributed by atoms with van der Waals surface area (Å²) < 4.78 is 1.88. The molecule has 1 unspecified atom stereocenters. The topological polar surface area (TPSA) is 93.2 Å². The lowest BCUT2D eigenvalue weighted by Crippen LogP contribution is -2.49. The largest absolute Gasteiger partial charge is 0.354 e. The highest BCUT2D eigenvalue weighted by atomic mass is 35.5. The SMILES string of the molecule is Cc1cc(C)n(-c2ccc(C(=O)N3CCCCC3CNC(=O)CCN)cc2)n1.Cl. The summed E-state index contributed by atoms with van der Waals surface area (Å²) in [6.45, 7) is 5.51. The van der Waals surface area contributed by atoms with Gasteiger partial charge in [-0.3, -0.25) is 9.59 Å². The number of hydrogen-bond donors (Lipinski definition) is 2. The maximum Gasteiger partial charge on any atom is 0.254 e. The zero-order valence-electron chi connectivity index (χ0n) is 17.1. The Hall–Kier alpha value is -2.38. The summed E-state index contributed by atoms with van der Waals surface area (Å²) in [6, 6.07) is 9.61. The van der Waals surface area contributed by atoms with Gasteiger partial charge in [-0.1, -0.05) is 0 Å². The van der Waals surface area contributed by atoms with E-state index in [1.807, 2.05) is 53.8 Å². The Morgan fingerprint density at radius 3 is 2.55 bits per heavy atom. The number of rotatable bonds is 6. The van der Waals surface area contributed by atoms with Gasteiger partial charge in [0.25, 0.3) is 5.91 Å². The van der Waals surface area contributed by atoms with Gasteiger partial charge in [0.2, 0.25) is 5.91 Å². The molecule has 3 N–H and O–H groups in total. The zero-order valence-corrected chi connectivity index (χ0v) is 17.9. The first-order chi connectivity index (χ1) is 13.5. The number of aryl methyl sites for hydroxylation is 2. The first-order valence-corrected chi connectivity index (χ1v) is 9.91. The van der Waals surface area contributed by atoms with Gasteiger partial charge in [0.05, 0.1) is 11.4 Å². The van der Waals surface area contributed by atoms with Crippen molar-refractivity contribution in [2.45, 2.75) is 45.6 Å². The molecule has 8 heteroatoms. The van der Waals surface area contributed by atoms with Crippen LogP contribution in [0.2, 0.25) is 0 Å². The molecule has 0 saturated carbocycles. The van der Waals surface area contributed by atoms with E-state index in [-0.39, 0.29) is 30.3 Å². The molecule has 1 atom stereocenters. The second-order valence-corrected chi connectivity index (χ2v) is 7.38. The maximum atomic E-state index is 13.1. The quantitative estimate of drug-likeness (QED) is 0.751. The summed E-state index contributed by atoms with van der Waals surface area (Å²) >= 11 is 0. The lowest BCUT2D eigenvalue weighted by atomic mass is 10.0. The van der Waals surface area contributed by atoms with Crippen LogP contribution in [-0.4, -0.2) is 52.2 Å². The van der Waals surface area contributed by atoms with Gasteiger partial charge < -0.3 is 16.0 Å². The lowest BCUT2D eigenvalue weighted by molar-refractivity contribution is -0.121. The van der Waals surface area contributed by atoms with E-state index in [0.717, 1.165) is 42.9 Å². The fourth-order valence-corrected chi connectivity index (χ4v) is 3.73. The van der Waals surface area contributed by atoms with Crippen molar-refractivity contribution < 1.29 is 9.59 Å². The molecule has 1 aliphatic heterocycles. The molecule has 1 saturated heterocycles. The molecule has 2 amide bonds. The van der Waals surface area contributed by atoms with Gasteiger partial charge in [-0.25, -0.2) is 4.68 Å². The van der Waals surface area contributed by atoms with E-state index >= 15 is 0 Å². The van der Waals surface area contributed by atoms with E-state index in [0.29, 0.717) is 25.1 Å². The first kappa shape index (κ1) is 22.9. The van der Waals surface area contributed by atoms with Gasteiger partial charge >= 0.3 is 0 Å². The van der Waals surface area contributed by atoms with Gasteiger partial charge in [-0.05, 0) is 63.4 Å². The van der Waals surface area contributed by atoms with Crippen LogP contribution in [0.5, 0.6) is 0 Å². The second-order valence-electron chi connectivity index (χ2n) is 7.38. The zero-order chi connectivity index (χ0) is 20.1. The predicted molar refractivity (Wildman–Crippen MR) is 116 cm³/mol. The number of halogens is 1. The third kappa shape index (κ3) is 5.58. The van der Waals surface area contributed by atoms with E-state index in [1.165, 1.54) is 0 Å². The highest BCUT2D eigenvalue weighted by molar-refractivity contribution is 5.94. The summed E-state index contributed by atoms with van der Waals surface area (Å²) in [5.41, 5.74) is 9.04. The van der Waals surface area contributed by atoms with Crippen molar-refractivity contribution in [2.75, 3.05) is 19.6 Å². The van der Waals surface area contributed by atoms with Crippen molar-refractivity contribution >= 4 is 24.2 Å². The molecule has 0 spiro atoms. The van der Waals surface area contributed by atoms with Crippen molar-refractivity contribution in [3.05, 3.63) is 47.3 Å². The highest BCUT2D eigenvalue weighted by Crippen LogP contribution is 2.20. The van der Waals surface area contributed by atoms with E-state index in [2.05, 4.69) is 10.4 Å². The van der Waals surface area contributed by atoms with Crippen LogP contribution < -0.4 is 11.1 Å². The molecular formula is C21H30ClN5O2. The first-order valence-electron chi connectivity index (χ1n) is 9.91. The Kier molecular flexibility index (Phi) is 8.22. The molecule has 0 radical (unpaired) electrons. The van der Waals surface area contributed by atoms with Crippen LogP contribution in [0, 0.1) is 13.8 Å². The minimum Gasteiger partial charge on any atom is -0.354 e. The Bertz CT molecular complexity index is 834. The van der Waals surface area contributed by atoms with Gasteiger partial charge in [0, 0.05) is 43.4 Å². The number of nitrogens with two attached hydrogens (primary N) is 1. The second kappa shape index (κ2) is 10.4. The molecular weight excluding hydrogens is 390 g/mol. The molecule has 29 heavy (non-hydrogen) atoms. The molecule has 1 aromatic heterocycles. The Labute approximate surface area is 178 Å². The number of carbonyl (C=O) groups is 2. The molecule has 0 aliphatic carbocycles. The number of amides is 2. The summed E-state index contributed by atoms with van der Waals surface area (Å²) in [5.74, 6) is -0.0487. The average Bonchev–Trinajstić information content (AvgIpc) is 3.04. The van der Waals surface area contributed by atoms with E-state index in [9.17, 15) is 9.59 Å². The lowest BCUT2D eigenvalue weighted by Gasteiger charge is -2.36. The fraction of sp³-hybridized carbons (Fsp3) is 0.476. The number of benzene rings is 1.